The standard InChI is InChI=1S/C3H7NS2.Zn/c1-4(2)3(5)6;/h1-2H3,(H,5,6);/q;+2/p-1. The van der Waals surface area contributed by atoms with E-state index in [0.717, 1.165) is 0 Å². The average molecular weight is 186 g/mol. The predicted octanol–water partition coefficient (Wildman–Crippen LogP) is 0.377. The van der Waals surface area contributed by atoms with Crippen molar-refractivity contribution in [2.75, 3.05) is 14.1 Å². The third-order valence-electron chi connectivity index (χ3n) is 0.365. The Balaban J connectivity index is 0. The van der Waals surface area contributed by atoms with Crippen LogP contribution in [0.5, 0.6) is 0 Å². The molecule has 0 N–H and O–H groups in total. The van der Waals surface area contributed by atoms with Crippen molar-refractivity contribution in [2.24, 2.45) is 0 Å². The molecule has 0 amide bonds. The molecule has 0 aliphatic carbocycles. The van der Waals surface area contributed by atoms with Gasteiger partial charge in [0.05, 0.1) is 0 Å². The summed E-state index contributed by atoms with van der Waals surface area (Å²) in [6.45, 7) is 0. The van der Waals surface area contributed by atoms with Gasteiger partial charge in [0.1, 0.15) is 0 Å². The first-order chi connectivity index (χ1) is 2.64. The summed E-state index contributed by atoms with van der Waals surface area (Å²) in [6, 6.07) is 0. The van der Waals surface area contributed by atoms with E-state index in [-0.39, 0.29) is 19.5 Å². The Morgan fingerprint density at radius 2 is 1.71 bits per heavy atom. The fourth-order valence-corrected chi connectivity index (χ4v) is 0. The molecule has 0 fully saturated rings. The van der Waals surface area contributed by atoms with Crippen LogP contribution >= 0.6 is 12.2 Å². The molecule has 0 rings (SSSR count). The van der Waals surface area contributed by atoms with Crippen LogP contribution in [-0.4, -0.2) is 23.3 Å². The summed E-state index contributed by atoms with van der Waals surface area (Å²) in [5.41, 5.74) is 0. The van der Waals surface area contributed by atoms with Crippen molar-refractivity contribution in [3.8, 4) is 0 Å². The predicted molar refractivity (Wildman–Crippen MR) is 33.6 cm³/mol. The minimum absolute atomic E-state index is 0. The topological polar surface area (TPSA) is 3.24 Å². The summed E-state index contributed by atoms with van der Waals surface area (Å²) in [4.78, 5) is 1.71. The largest absolute Gasteiger partial charge is 2.00 e. The van der Waals surface area contributed by atoms with Gasteiger partial charge in [0.25, 0.3) is 0 Å². The second kappa shape index (κ2) is 4.88. The minimum Gasteiger partial charge on any atom is -0.411 e. The number of rotatable bonds is 0. The van der Waals surface area contributed by atoms with Crippen LogP contribution in [-0.2, 0) is 32.1 Å². The molecule has 0 bridgehead atoms. The molecule has 1 nitrogen and oxygen atoms in total. The van der Waals surface area contributed by atoms with E-state index in [4.69, 9.17) is 0 Å². The van der Waals surface area contributed by atoms with E-state index >= 15 is 0 Å². The van der Waals surface area contributed by atoms with E-state index in [1.54, 1.807) is 4.90 Å². The molecule has 0 aliphatic rings. The van der Waals surface area contributed by atoms with Gasteiger partial charge in [-0.05, 0) is 0 Å². The Morgan fingerprint density at radius 3 is 1.71 bits per heavy atom. The van der Waals surface area contributed by atoms with Gasteiger partial charge in [0.2, 0.25) is 0 Å². The molecule has 0 aromatic carbocycles. The van der Waals surface area contributed by atoms with Crippen LogP contribution < -0.4 is 0 Å². The van der Waals surface area contributed by atoms with Crippen molar-refractivity contribution in [3.63, 3.8) is 0 Å². The van der Waals surface area contributed by atoms with Gasteiger partial charge in [-0.3, -0.25) is 0 Å². The van der Waals surface area contributed by atoms with Crippen LogP contribution in [0.2, 0.25) is 0 Å². The maximum absolute atomic E-state index is 4.56. The number of hydrogen-bond donors (Lipinski definition) is 0. The molecule has 0 aliphatic heterocycles. The van der Waals surface area contributed by atoms with Crippen molar-refractivity contribution in [3.05, 3.63) is 0 Å². The van der Waals surface area contributed by atoms with Gasteiger partial charge in [0.15, 0.2) is 0 Å². The third-order valence-corrected chi connectivity index (χ3v) is 1.10. The molecule has 0 radical (unpaired) electrons. The zero-order chi connectivity index (χ0) is 5.15. The molecule has 0 atom stereocenters. The normalized spacial score (nSPS) is 6.57. The van der Waals surface area contributed by atoms with Gasteiger partial charge < -0.3 is 29.7 Å². The molecule has 0 aromatic rings. The van der Waals surface area contributed by atoms with Gasteiger partial charge in [-0.15, -0.1) is 0 Å². The monoisotopic (exact) mass is 184 g/mol. The summed E-state index contributed by atoms with van der Waals surface area (Å²) in [7, 11) is 3.66. The fourth-order valence-electron chi connectivity index (χ4n) is 0. The minimum atomic E-state index is 0. The molecule has 0 unspecified atom stereocenters. The SMILES string of the molecule is CN(C)C(=S)[S-].[Zn+2]. The van der Waals surface area contributed by atoms with Gasteiger partial charge in [-0.25, -0.2) is 0 Å². The second-order valence-corrected chi connectivity index (χ2v) is 2.19. The van der Waals surface area contributed by atoms with Crippen molar-refractivity contribution >= 4 is 29.2 Å². The van der Waals surface area contributed by atoms with Gasteiger partial charge in [0, 0.05) is 14.1 Å². The van der Waals surface area contributed by atoms with Crippen LogP contribution in [0.25, 0.3) is 0 Å². The zero-order valence-corrected chi connectivity index (χ0v) is 9.07. The first-order valence-electron chi connectivity index (χ1n) is 1.53. The van der Waals surface area contributed by atoms with E-state index in [0.29, 0.717) is 4.32 Å². The molecule has 7 heavy (non-hydrogen) atoms. The summed E-state index contributed by atoms with van der Waals surface area (Å²) in [5.74, 6) is 0. The van der Waals surface area contributed by atoms with Crippen molar-refractivity contribution in [1.82, 2.24) is 4.90 Å². The van der Waals surface area contributed by atoms with Crippen LogP contribution in [0.3, 0.4) is 0 Å². The molecule has 0 spiro atoms. The molecule has 0 saturated heterocycles. The summed E-state index contributed by atoms with van der Waals surface area (Å²) >= 11 is 9.12. The van der Waals surface area contributed by atoms with E-state index in [1.165, 1.54) is 0 Å². The van der Waals surface area contributed by atoms with Crippen LogP contribution in [0, 0.1) is 0 Å². The first-order valence-corrected chi connectivity index (χ1v) is 2.34. The van der Waals surface area contributed by atoms with Crippen molar-refractivity contribution < 1.29 is 19.5 Å². The maximum atomic E-state index is 4.56. The molecule has 0 aromatic heterocycles. The molecule has 0 saturated carbocycles. The molecular formula is C3H6NS2Zn+. The van der Waals surface area contributed by atoms with Gasteiger partial charge in [-0.2, -0.15) is 0 Å². The van der Waals surface area contributed by atoms with Crippen LogP contribution in [0.1, 0.15) is 0 Å². The Bertz CT molecular complexity index is 64.0. The van der Waals surface area contributed by atoms with E-state index in [9.17, 15) is 0 Å². The Labute approximate surface area is 67.6 Å². The fraction of sp³-hybridized carbons (Fsp3) is 0.667. The van der Waals surface area contributed by atoms with Crippen LogP contribution in [0.15, 0.2) is 0 Å². The smallest absolute Gasteiger partial charge is 0.411 e. The molecular weight excluding hydrogens is 180 g/mol. The quantitative estimate of drug-likeness (QED) is 0.305. The third kappa shape index (κ3) is 6.73. The van der Waals surface area contributed by atoms with Gasteiger partial charge >= 0.3 is 19.5 Å². The summed E-state index contributed by atoms with van der Waals surface area (Å²) < 4.78 is 0.509. The number of hydrogen-bond acceptors (Lipinski definition) is 2. The van der Waals surface area contributed by atoms with E-state index in [1.807, 2.05) is 14.1 Å². The van der Waals surface area contributed by atoms with Gasteiger partial charge in [-0.1, -0.05) is 4.32 Å². The Hall–Kier alpha value is 0.733. The molecule has 0 heterocycles. The van der Waals surface area contributed by atoms with E-state index in [2.05, 4.69) is 24.8 Å². The first kappa shape index (κ1) is 10.7. The summed E-state index contributed by atoms with van der Waals surface area (Å²) in [5, 5.41) is 0. The zero-order valence-electron chi connectivity index (χ0n) is 4.47. The van der Waals surface area contributed by atoms with E-state index < -0.39 is 0 Å². The van der Waals surface area contributed by atoms with Crippen LogP contribution in [0.4, 0.5) is 0 Å². The molecule has 36 valence electrons. The number of thiocarbonyl (C=S) groups is 1. The molecule has 4 heteroatoms. The second-order valence-electron chi connectivity index (χ2n) is 1.16. The average Bonchev–Trinajstić information content (AvgIpc) is 1.36. The Morgan fingerprint density at radius 1 is 1.57 bits per heavy atom. The van der Waals surface area contributed by atoms with Crippen molar-refractivity contribution in [1.29, 1.82) is 0 Å². The Kier molecular flexibility index (Phi) is 7.44. The summed E-state index contributed by atoms with van der Waals surface area (Å²) in [6.07, 6.45) is 0. The number of nitrogens with zero attached hydrogens (tertiary/aromatic N) is 1. The maximum Gasteiger partial charge on any atom is 2.00 e. The van der Waals surface area contributed by atoms with Crippen molar-refractivity contribution in [2.45, 2.75) is 0 Å².